The van der Waals surface area contributed by atoms with Gasteiger partial charge in [0.1, 0.15) is 11.9 Å². The molecule has 0 unspecified atom stereocenters. The molecule has 1 aromatic carbocycles. The summed E-state index contributed by atoms with van der Waals surface area (Å²) in [5, 5.41) is 12.1. The van der Waals surface area contributed by atoms with E-state index in [1.54, 1.807) is 12.3 Å². The van der Waals surface area contributed by atoms with Gasteiger partial charge in [-0.3, -0.25) is 0 Å². The summed E-state index contributed by atoms with van der Waals surface area (Å²) in [4.78, 5) is 4.18. The van der Waals surface area contributed by atoms with E-state index in [1.165, 1.54) is 0 Å². The van der Waals surface area contributed by atoms with Crippen LogP contribution in [-0.2, 0) is 6.54 Å². The number of rotatable bonds is 3. The lowest BCUT2D eigenvalue weighted by Crippen LogP contribution is -2.03. The molecule has 0 saturated carbocycles. The van der Waals surface area contributed by atoms with Gasteiger partial charge in [0.25, 0.3) is 0 Å². The minimum absolute atomic E-state index is 0.537. The summed E-state index contributed by atoms with van der Waals surface area (Å²) in [6, 6.07) is 13.9. The lowest BCUT2D eigenvalue weighted by atomic mass is 10.2. The quantitative estimate of drug-likeness (QED) is 0.942. The maximum atomic E-state index is 8.99. The zero-order valence-corrected chi connectivity index (χ0v) is 10.6. The highest BCUT2D eigenvalue weighted by molar-refractivity contribution is 9.10. The van der Waals surface area contributed by atoms with E-state index >= 15 is 0 Å². The van der Waals surface area contributed by atoms with Crippen molar-refractivity contribution in [3.63, 3.8) is 0 Å². The van der Waals surface area contributed by atoms with Gasteiger partial charge >= 0.3 is 0 Å². The number of nitrogens with zero attached hydrogens (tertiary/aromatic N) is 2. The molecule has 0 aliphatic heterocycles. The van der Waals surface area contributed by atoms with Crippen LogP contribution in [0.2, 0.25) is 0 Å². The van der Waals surface area contributed by atoms with Gasteiger partial charge in [-0.15, -0.1) is 0 Å². The molecule has 0 bridgehead atoms. The van der Waals surface area contributed by atoms with Crippen molar-refractivity contribution in [1.82, 2.24) is 4.98 Å². The van der Waals surface area contributed by atoms with Gasteiger partial charge in [0.15, 0.2) is 0 Å². The molecule has 0 radical (unpaired) electrons. The van der Waals surface area contributed by atoms with Gasteiger partial charge < -0.3 is 5.32 Å². The maximum Gasteiger partial charge on any atom is 0.144 e. The number of anilines is 1. The highest BCUT2D eigenvalue weighted by Crippen LogP contribution is 2.17. The van der Waals surface area contributed by atoms with Crippen LogP contribution in [0, 0.1) is 11.3 Å². The second-order valence-corrected chi connectivity index (χ2v) is 4.42. The first-order valence-electron chi connectivity index (χ1n) is 5.13. The summed E-state index contributed by atoms with van der Waals surface area (Å²) >= 11 is 3.29. The lowest BCUT2D eigenvalue weighted by Gasteiger charge is -2.07. The van der Waals surface area contributed by atoms with Gasteiger partial charge in [-0.05, 0) is 27.6 Å². The average Bonchev–Trinajstić information content (AvgIpc) is 2.38. The van der Waals surface area contributed by atoms with Crippen LogP contribution in [-0.4, -0.2) is 4.98 Å². The Bertz CT molecular complexity index is 546. The van der Waals surface area contributed by atoms with E-state index in [0.29, 0.717) is 17.9 Å². The highest BCUT2D eigenvalue weighted by atomic mass is 79.9. The van der Waals surface area contributed by atoms with Crippen LogP contribution < -0.4 is 5.32 Å². The minimum Gasteiger partial charge on any atom is -0.365 e. The largest absolute Gasteiger partial charge is 0.365 e. The zero-order valence-electron chi connectivity index (χ0n) is 9.02. The van der Waals surface area contributed by atoms with E-state index in [-0.39, 0.29) is 0 Å². The molecule has 0 fully saturated rings. The highest BCUT2D eigenvalue weighted by Gasteiger charge is 2.03. The first-order valence-corrected chi connectivity index (χ1v) is 5.92. The SMILES string of the molecule is N#Cc1cc(Br)cnc1NCc1ccccc1. The third kappa shape index (κ3) is 3.05. The van der Waals surface area contributed by atoms with Gasteiger partial charge in [0, 0.05) is 17.2 Å². The van der Waals surface area contributed by atoms with Crippen molar-refractivity contribution in [2.75, 3.05) is 5.32 Å². The fourth-order valence-electron chi connectivity index (χ4n) is 1.45. The lowest BCUT2D eigenvalue weighted by molar-refractivity contribution is 1.10. The third-order valence-electron chi connectivity index (χ3n) is 2.28. The normalized spacial score (nSPS) is 9.65. The molecular weight excluding hydrogens is 278 g/mol. The van der Waals surface area contributed by atoms with E-state index < -0.39 is 0 Å². The molecule has 1 aromatic heterocycles. The fraction of sp³-hybridized carbons (Fsp3) is 0.0769. The molecule has 1 N–H and O–H groups in total. The Kier molecular flexibility index (Phi) is 3.73. The number of pyridine rings is 1. The molecule has 17 heavy (non-hydrogen) atoms. The number of hydrogen-bond acceptors (Lipinski definition) is 3. The number of nitrogens with one attached hydrogen (secondary N) is 1. The maximum absolute atomic E-state index is 8.99. The second kappa shape index (κ2) is 5.46. The third-order valence-corrected chi connectivity index (χ3v) is 2.71. The van der Waals surface area contributed by atoms with Crippen molar-refractivity contribution in [2.45, 2.75) is 6.54 Å². The van der Waals surface area contributed by atoms with Gasteiger partial charge in [0.2, 0.25) is 0 Å². The summed E-state index contributed by atoms with van der Waals surface area (Å²) in [6.45, 7) is 0.657. The summed E-state index contributed by atoms with van der Waals surface area (Å²) in [7, 11) is 0. The summed E-state index contributed by atoms with van der Waals surface area (Å²) in [6.07, 6.45) is 1.67. The van der Waals surface area contributed by atoms with Gasteiger partial charge in [-0.1, -0.05) is 30.3 Å². The van der Waals surface area contributed by atoms with Crippen molar-refractivity contribution in [3.05, 3.63) is 58.2 Å². The molecule has 1 heterocycles. The number of benzene rings is 1. The minimum atomic E-state index is 0.537. The first kappa shape index (κ1) is 11.6. The molecule has 0 spiro atoms. The molecule has 2 aromatic rings. The van der Waals surface area contributed by atoms with Crippen molar-refractivity contribution in [3.8, 4) is 6.07 Å². The Hall–Kier alpha value is -1.86. The zero-order chi connectivity index (χ0) is 12.1. The first-order chi connectivity index (χ1) is 8.29. The van der Waals surface area contributed by atoms with E-state index in [2.05, 4.69) is 32.3 Å². The van der Waals surface area contributed by atoms with Gasteiger partial charge in [-0.2, -0.15) is 5.26 Å². The fourth-order valence-corrected chi connectivity index (χ4v) is 1.78. The Morgan fingerprint density at radius 1 is 1.29 bits per heavy atom. The van der Waals surface area contributed by atoms with E-state index in [9.17, 15) is 0 Å². The molecule has 0 amide bonds. The van der Waals surface area contributed by atoms with Crippen molar-refractivity contribution in [1.29, 1.82) is 5.26 Å². The van der Waals surface area contributed by atoms with Crippen LogP contribution in [0.1, 0.15) is 11.1 Å². The molecule has 84 valence electrons. The predicted octanol–water partition coefficient (Wildman–Crippen LogP) is 3.33. The van der Waals surface area contributed by atoms with E-state index in [4.69, 9.17) is 5.26 Å². The van der Waals surface area contributed by atoms with Crippen molar-refractivity contribution in [2.24, 2.45) is 0 Å². The van der Waals surface area contributed by atoms with Crippen LogP contribution in [0.4, 0.5) is 5.82 Å². The molecule has 0 atom stereocenters. The number of halogens is 1. The van der Waals surface area contributed by atoms with E-state index in [1.807, 2.05) is 30.3 Å². The molecule has 4 heteroatoms. The van der Waals surface area contributed by atoms with Crippen molar-refractivity contribution < 1.29 is 0 Å². The van der Waals surface area contributed by atoms with Crippen LogP contribution in [0.15, 0.2) is 47.1 Å². The number of hydrogen-bond donors (Lipinski definition) is 1. The Morgan fingerprint density at radius 3 is 2.76 bits per heavy atom. The van der Waals surface area contributed by atoms with Crippen LogP contribution in [0.5, 0.6) is 0 Å². The Labute approximate surface area is 108 Å². The van der Waals surface area contributed by atoms with Crippen molar-refractivity contribution >= 4 is 21.7 Å². The van der Waals surface area contributed by atoms with Crippen LogP contribution >= 0.6 is 15.9 Å². The number of aromatic nitrogens is 1. The average molecular weight is 288 g/mol. The molecule has 2 rings (SSSR count). The molecular formula is C13H10BrN3. The Balaban J connectivity index is 2.12. The molecule has 0 saturated heterocycles. The monoisotopic (exact) mass is 287 g/mol. The standard InChI is InChI=1S/C13H10BrN3/c14-12-6-11(7-15)13(17-9-12)16-8-10-4-2-1-3-5-10/h1-6,9H,8H2,(H,16,17). The smallest absolute Gasteiger partial charge is 0.144 e. The molecule has 0 aliphatic carbocycles. The van der Waals surface area contributed by atoms with E-state index in [0.717, 1.165) is 10.0 Å². The summed E-state index contributed by atoms with van der Waals surface area (Å²) in [5.74, 6) is 0.611. The Morgan fingerprint density at radius 2 is 2.06 bits per heavy atom. The van der Waals surface area contributed by atoms with Crippen LogP contribution in [0.3, 0.4) is 0 Å². The summed E-state index contributed by atoms with van der Waals surface area (Å²) in [5.41, 5.74) is 1.69. The predicted molar refractivity (Wildman–Crippen MR) is 70.4 cm³/mol. The van der Waals surface area contributed by atoms with Gasteiger partial charge in [0.05, 0.1) is 5.56 Å². The molecule has 3 nitrogen and oxygen atoms in total. The summed E-state index contributed by atoms with van der Waals surface area (Å²) < 4.78 is 0.805. The second-order valence-electron chi connectivity index (χ2n) is 3.50. The van der Waals surface area contributed by atoms with Gasteiger partial charge in [-0.25, -0.2) is 4.98 Å². The van der Waals surface area contributed by atoms with Crippen LogP contribution in [0.25, 0.3) is 0 Å². The topological polar surface area (TPSA) is 48.7 Å². The number of nitriles is 1. The molecule has 0 aliphatic rings.